The molecule has 1 aliphatic heterocycles. The van der Waals surface area contributed by atoms with Crippen molar-refractivity contribution in [1.29, 1.82) is 0 Å². The van der Waals surface area contributed by atoms with E-state index in [2.05, 4.69) is 13.8 Å². The highest BCUT2D eigenvalue weighted by Gasteiger charge is 2.41. The molecule has 158 valence electrons. The summed E-state index contributed by atoms with van der Waals surface area (Å²) in [4.78, 5) is 0. The van der Waals surface area contributed by atoms with Crippen LogP contribution in [0.3, 0.4) is 0 Å². The molecule has 0 radical (unpaired) electrons. The predicted octanol–water partition coefficient (Wildman–Crippen LogP) is 6.61. The van der Waals surface area contributed by atoms with Crippen molar-refractivity contribution in [2.24, 2.45) is 5.41 Å². The standard InChI is InChI=1S/C24H30F2O3/c1-4-24(13-12-23(3,17-28-24)14-15-27-5-2)18-6-11-21(26)22(16-18)29-20-9-7-19(25)8-10-20/h6-11,16H,4-5,12-15,17H2,1-3H3. The Morgan fingerprint density at radius 1 is 1.03 bits per heavy atom. The molecule has 29 heavy (non-hydrogen) atoms. The van der Waals surface area contributed by atoms with E-state index >= 15 is 0 Å². The maximum absolute atomic E-state index is 14.4. The highest BCUT2D eigenvalue weighted by atomic mass is 19.1. The summed E-state index contributed by atoms with van der Waals surface area (Å²) < 4.78 is 45.1. The molecular formula is C24H30F2O3. The van der Waals surface area contributed by atoms with Crippen molar-refractivity contribution in [3.8, 4) is 11.5 Å². The van der Waals surface area contributed by atoms with Gasteiger partial charge in [-0.3, -0.25) is 0 Å². The van der Waals surface area contributed by atoms with Gasteiger partial charge in [-0.05, 0) is 80.0 Å². The summed E-state index contributed by atoms with van der Waals surface area (Å²) in [6.07, 6.45) is 3.62. The molecule has 2 unspecified atom stereocenters. The van der Waals surface area contributed by atoms with Gasteiger partial charge >= 0.3 is 0 Å². The summed E-state index contributed by atoms with van der Waals surface area (Å²) >= 11 is 0. The lowest BCUT2D eigenvalue weighted by Crippen LogP contribution is -2.41. The van der Waals surface area contributed by atoms with Gasteiger partial charge in [-0.1, -0.05) is 19.9 Å². The highest BCUT2D eigenvalue weighted by molar-refractivity contribution is 5.38. The maximum atomic E-state index is 14.4. The van der Waals surface area contributed by atoms with Crippen LogP contribution in [0, 0.1) is 17.0 Å². The van der Waals surface area contributed by atoms with Crippen LogP contribution in [0.25, 0.3) is 0 Å². The van der Waals surface area contributed by atoms with E-state index in [1.807, 2.05) is 6.92 Å². The summed E-state index contributed by atoms with van der Waals surface area (Å²) in [5.74, 6) is -0.308. The molecule has 0 aliphatic carbocycles. The van der Waals surface area contributed by atoms with Crippen LogP contribution < -0.4 is 4.74 Å². The maximum Gasteiger partial charge on any atom is 0.165 e. The highest BCUT2D eigenvalue weighted by Crippen LogP contribution is 2.46. The first-order valence-electron chi connectivity index (χ1n) is 10.3. The summed E-state index contributed by atoms with van der Waals surface area (Å²) in [5.41, 5.74) is 0.534. The molecule has 2 aromatic carbocycles. The fourth-order valence-corrected chi connectivity index (χ4v) is 3.83. The third-order valence-corrected chi connectivity index (χ3v) is 5.95. The minimum Gasteiger partial charge on any atom is -0.454 e. The Hall–Kier alpha value is -1.98. The van der Waals surface area contributed by atoms with Crippen molar-refractivity contribution in [1.82, 2.24) is 0 Å². The molecule has 0 aromatic heterocycles. The van der Waals surface area contributed by atoms with E-state index < -0.39 is 11.4 Å². The topological polar surface area (TPSA) is 27.7 Å². The largest absolute Gasteiger partial charge is 0.454 e. The minimum atomic E-state index is -0.459. The molecule has 0 bridgehead atoms. The van der Waals surface area contributed by atoms with Gasteiger partial charge in [0.25, 0.3) is 0 Å². The molecule has 1 aliphatic rings. The molecule has 3 rings (SSSR count). The van der Waals surface area contributed by atoms with Crippen molar-refractivity contribution in [2.45, 2.75) is 52.1 Å². The zero-order valence-electron chi connectivity index (χ0n) is 17.5. The predicted molar refractivity (Wildman–Crippen MR) is 109 cm³/mol. The van der Waals surface area contributed by atoms with Gasteiger partial charge in [0, 0.05) is 13.2 Å². The van der Waals surface area contributed by atoms with E-state index in [0.717, 1.165) is 44.5 Å². The van der Waals surface area contributed by atoms with Gasteiger partial charge in [-0.2, -0.15) is 0 Å². The van der Waals surface area contributed by atoms with E-state index in [1.54, 1.807) is 12.1 Å². The minimum absolute atomic E-state index is 0.0846. The molecule has 3 nitrogen and oxygen atoms in total. The Morgan fingerprint density at radius 2 is 1.79 bits per heavy atom. The van der Waals surface area contributed by atoms with Crippen LogP contribution in [0.2, 0.25) is 0 Å². The molecular weight excluding hydrogens is 374 g/mol. The molecule has 1 heterocycles. The van der Waals surface area contributed by atoms with Crippen LogP contribution >= 0.6 is 0 Å². The lowest BCUT2D eigenvalue weighted by atomic mass is 9.74. The van der Waals surface area contributed by atoms with Gasteiger partial charge < -0.3 is 14.2 Å². The second kappa shape index (κ2) is 9.23. The van der Waals surface area contributed by atoms with Gasteiger partial charge in [0.05, 0.1) is 12.2 Å². The van der Waals surface area contributed by atoms with E-state index in [-0.39, 0.29) is 17.0 Å². The Bertz CT molecular complexity index is 796. The average molecular weight is 404 g/mol. The van der Waals surface area contributed by atoms with E-state index in [1.165, 1.54) is 30.3 Å². The molecule has 0 saturated carbocycles. The number of hydrogen-bond donors (Lipinski definition) is 0. The fourth-order valence-electron chi connectivity index (χ4n) is 3.83. The zero-order chi connectivity index (χ0) is 20.9. The summed E-state index contributed by atoms with van der Waals surface area (Å²) in [5, 5.41) is 0. The normalized spacial score (nSPS) is 24.4. The average Bonchev–Trinajstić information content (AvgIpc) is 2.72. The second-order valence-electron chi connectivity index (χ2n) is 8.10. The van der Waals surface area contributed by atoms with E-state index in [4.69, 9.17) is 14.2 Å². The first kappa shape index (κ1) is 21.7. The van der Waals surface area contributed by atoms with Crippen LogP contribution in [-0.4, -0.2) is 19.8 Å². The van der Waals surface area contributed by atoms with Crippen molar-refractivity contribution >= 4 is 0 Å². The van der Waals surface area contributed by atoms with Gasteiger partial charge in [0.2, 0.25) is 0 Å². The molecule has 1 fully saturated rings. The smallest absolute Gasteiger partial charge is 0.165 e. The van der Waals surface area contributed by atoms with Crippen molar-refractivity contribution in [2.75, 3.05) is 19.8 Å². The molecule has 0 N–H and O–H groups in total. The Kier molecular flexibility index (Phi) is 6.91. The van der Waals surface area contributed by atoms with E-state index in [9.17, 15) is 8.78 Å². The van der Waals surface area contributed by atoms with Gasteiger partial charge in [0.1, 0.15) is 11.6 Å². The quantitative estimate of drug-likeness (QED) is 0.464. The SMILES string of the molecule is CCOCCC1(C)CCC(CC)(c2ccc(F)c(Oc3ccc(F)cc3)c2)OC1. The van der Waals surface area contributed by atoms with Gasteiger partial charge in [-0.25, -0.2) is 8.78 Å². The lowest BCUT2D eigenvalue weighted by molar-refractivity contribution is -0.141. The van der Waals surface area contributed by atoms with Gasteiger partial charge in [0.15, 0.2) is 11.6 Å². The summed E-state index contributed by atoms with van der Waals surface area (Å²) in [7, 11) is 0. The monoisotopic (exact) mass is 404 g/mol. The Morgan fingerprint density at radius 3 is 2.41 bits per heavy atom. The molecule has 2 atom stereocenters. The Labute approximate surface area is 172 Å². The molecule has 1 saturated heterocycles. The molecule has 0 spiro atoms. The van der Waals surface area contributed by atoms with Crippen LogP contribution in [0.1, 0.15) is 52.0 Å². The van der Waals surface area contributed by atoms with Crippen LogP contribution in [-0.2, 0) is 15.1 Å². The fraction of sp³-hybridized carbons (Fsp3) is 0.500. The summed E-state index contributed by atoms with van der Waals surface area (Å²) in [6, 6.07) is 10.5. The number of halogens is 2. The van der Waals surface area contributed by atoms with E-state index in [0.29, 0.717) is 12.4 Å². The van der Waals surface area contributed by atoms with Crippen molar-refractivity contribution in [3.05, 3.63) is 59.7 Å². The van der Waals surface area contributed by atoms with Gasteiger partial charge in [-0.15, -0.1) is 0 Å². The first-order valence-corrected chi connectivity index (χ1v) is 10.3. The number of benzene rings is 2. The van der Waals surface area contributed by atoms with Crippen molar-refractivity contribution in [3.63, 3.8) is 0 Å². The first-order chi connectivity index (χ1) is 13.9. The third-order valence-electron chi connectivity index (χ3n) is 5.95. The molecule has 2 aromatic rings. The number of ether oxygens (including phenoxy) is 3. The molecule has 0 amide bonds. The number of hydrogen-bond acceptors (Lipinski definition) is 3. The number of rotatable bonds is 8. The third kappa shape index (κ3) is 5.14. The molecule has 5 heteroatoms. The van der Waals surface area contributed by atoms with Crippen LogP contribution in [0.4, 0.5) is 8.78 Å². The Balaban J connectivity index is 1.77. The van der Waals surface area contributed by atoms with Crippen LogP contribution in [0.5, 0.6) is 11.5 Å². The lowest BCUT2D eigenvalue weighted by Gasteiger charge is -2.45. The second-order valence-corrected chi connectivity index (χ2v) is 8.10. The van der Waals surface area contributed by atoms with Crippen LogP contribution in [0.15, 0.2) is 42.5 Å². The zero-order valence-corrected chi connectivity index (χ0v) is 17.5. The summed E-state index contributed by atoms with van der Waals surface area (Å²) in [6.45, 7) is 8.43. The van der Waals surface area contributed by atoms with Crippen molar-refractivity contribution < 1.29 is 23.0 Å².